The predicted octanol–water partition coefficient (Wildman–Crippen LogP) is 3.02. The monoisotopic (exact) mass is 299 g/mol. The first-order valence-electron chi connectivity index (χ1n) is 5.57. The molecule has 92 valence electrons. The summed E-state index contributed by atoms with van der Waals surface area (Å²) in [5.41, 5.74) is 0. The molecule has 0 aromatic heterocycles. The van der Waals surface area contributed by atoms with Gasteiger partial charge in [0.1, 0.15) is 11.9 Å². The van der Waals surface area contributed by atoms with Crippen LogP contribution in [0.5, 0.6) is 5.75 Å². The zero-order valence-electron chi connectivity index (χ0n) is 9.23. The second-order valence-corrected chi connectivity index (χ2v) is 5.01. The summed E-state index contributed by atoms with van der Waals surface area (Å²) in [4.78, 5) is 10.6. The van der Waals surface area contributed by atoms with Gasteiger partial charge < -0.3 is 15.2 Å². The Morgan fingerprint density at radius 1 is 1.35 bits per heavy atom. The molecule has 2 atom stereocenters. The third-order valence-electron chi connectivity index (χ3n) is 2.86. The van der Waals surface area contributed by atoms with Gasteiger partial charge in [0, 0.05) is 4.47 Å². The van der Waals surface area contributed by atoms with E-state index in [0.29, 0.717) is 0 Å². The van der Waals surface area contributed by atoms with Crippen LogP contribution in [0.3, 0.4) is 0 Å². The van der Waals surface area contributed by atoms with Crippen LogP contribution in [0, 0.1) is 0 Å². The van der Waals surface area contributed by atoms with Gasteiger partial charge in [0.2, 0.25) is 0 Å². The van der Waals surface area contributed by atoms with Crippen molar-refractivity contribution in [1.29, 1.82) is 0 Å². The maximum atomic E-state index is 10.6. The summed E-state index contributed by atoms with van der Waals surface area (Å²) >= 11 is 3.36. The van der Waals surface area contributed by atoms with Gasteiger partial charge in [-0.2, -0.15) is 0 Å². The first kappa shape index (κ1) is 12.2. The third-order valence-corrected chi connectivity index (χ3v) is 3.39. The SMILES string of the molecule is O=C(O)NC1CCCC1Oc1ccc(Br)cc1. The largest absolute Gasteiger partial charge is 0.488 e. The molecule has 1 aliphatic rings. The molecular formula is C12H14BrNO3. The minimum absolute atomic E-state index is 0.0627. The van der Waals surface area contributed by atoms with Crippen molar-refractivity contribution in [3.8, 4) is 5.75 Å². The number of amides is 1. The first-order chi connectivity index (χ1) is 8.15. The van der Waals surface area contributed by atoms with Crippen LogP contribution in [0.15, 0.2) is 28.7 Å². The van der Waals surface area contributed by atoms with Crippen molar-refractivity contribution in [2.75, 3.05) is 0 Å². The lowest BCUT2D eigenvalue weighted by Gasteiger charge is -2.21. The number of nitrogens with one attached hydrogen (secondary N) is 1. The van der Waals surface area contributed by atoms with Crippen LogP contribution in [0.4, 0.5) is 4.79 Å². The van der Waals surface area contributed by atoms with Crippen molar-refractivity contribution in [1.82, 2.24) is 5.32 Å². The Bertz CT molecular complexity index is 393. The lowest BCUT2D eigenvalue weighted by molar-refractivity contribution is 0.155. The number of rotatable bonds is 3. The summed E-state index contributed by atoms with van der Waals surface area (Å²) in [5, 5.41) is 11.2. The smallest absolute Gasteiger partial charge is 0.405 e. The lowest BCUT2D eigenvalue weighted by atomic mass is 10.2. The third kappa shape index (κ3) is 3.36. The average Bonchev–Trinajstić information content (AvgIpc) is 2.68. The Labute approximate surface area is 108 Å². The maximum absolute atomic E-state index is 10.6. The molecule has 1 aliphatic carbocycles. The molecule has 2 N–H and O–H groups in total. The second-order valence-electron chi connectivity index (χ2n) is 4.10. The molecule has 4 nitrogen and oxygen atoms in total. The van der Waals surface area contributed by atoms with Crippen molar-refractivity contribution in [3.63, 3.8) is 0 Å². The van der Waals surface area contributed by atoms with Crippen LogP contribution in [0.25, 0.3) is 0 Å². The van der Waals surface area contributed by atoms with Crippen LogP contribution in [-0.4, -0.2) is 23.3 Å². The van der Waals surface area contributed by atoms with Crippen LogP contribution >= 0.6 is 15.9 Å². The van der Waals surface area contributed by atoms with Gasteiger partial charge in [-0.25, -0.2) is 4.79 Å². The highest BCUT2D eigenvalue weighted by atomic mass is 79.9. The summed E-state index contributed by atoms with van der Waals surface area (Å²) in [5.74, 6) is 0.775. The topological polar surface area (TPSA) is 58.6 Å². The van der Waals surface area contributed by atoms with Crippen molar-refractivity contribution in [3.05, 3.63) is 28.7 Å². The summed E-state index contributed by atoms with van der Waals surface area (Å²) in [7, 11) is 0. The lowest BCUT2D eigenvalue weighted by Crippen LogP contribution is -2.41. The van der Waals surface area contributed by atoms with E-state index in [-0.39, 0.29) is 12.1 Å². The van der Waals surface area contributed by atoms with E-state index >= 15 is 0 Å². The molecule has 1 amide bonds. The Kier molecular flexibility index (Phi) is 3.89. The molecule has 0 aliphatic heterocycles. The van der Waals surface area contributed by atoms with E-state index in [0.717, 1.165) is 29.5 Å². The summed E-state index contributed by atoms with van der Waals surface area (Å²) in [6.07, 6.45) is 1.68. The number of halogens is 1. The van der Waals surface area contributed by atoms with Gasteiger partial charge >= 0.3 is 6.09 Å². The molecule has 2 unspecified atom stereocenters. The van der Waals surface area contributed by atoms with Gasteiger partial charge in [-0.15, -0.1) is 0 Å². The van der Waals surface area contributed by atoms with E-state index in [1.165, 1.54) is 0 Å². The van der Waals surface area contributed by atoms with Crippen molar-refractivity contribution in [2.24, 2.45) is 0 Å². The molecule has 1 fully saturated rings. The molecule has 0 radical (unpaired) electrons. The number of benzene rings is 1. The summed E-state index contributed by atoms with van der Waals surface area (Å²) in [6.45, 7) is 0. The molecule has 17 heavy (non-hydrogen) atoms. The quantitative estimate of drug-likeness (QED) is 0.902. The summed E-state index contributed by atoms with van der Waals surface area (Å²) in [6, 6.07) is 7.46. The molecule has 1 saturated carbocycles. The van der Waals surface area contributed by atoms with E-state index < -0.39 is 6.09 Å². The Balaban J connectivity index is 1.97. The van der Waals surface area contributed by atoms with Gasteiger partial charge in [0.05, 0.1) is 6.04 Å². The number of hydrogen-bond acceptors (Lipinski definition) is 2. The molecule has 0 spiro atoms. The average molecular weight is 300 g/mol. The fourth-order valence-electron chi connectivity index (χ4n) is 2.08. The Morgan fingerprint density at radius 3 is 2.71 bits per heavy atom. The predicted molar refractivity (Wildman–Crippen MR) is 67.4 cm³/mol. The van der Waals surface area contributed by atoms with Crippen molar-refractivity contribution in [2.45, 2.75) is 31.4 Å². The molecular weight excluding hydrogens is 286 g/mol. The van der Waals surface area contributed by atoms with E-state index in [2.05, 4.69) is 21.2 Å². The van der Waals surface area contributed by atoms with Crippen molar-refractivity contribution >= 4 is 22.0 Å². The number of carboxylic acid groups (broad SMARTS) is 1. The first-order valence-corrected chi connectivity index (χ1v) is 6.36. The highest BCUT2D eigenvalue weighted by molar-refractivity contribution is 9.10. The number of hydrogen-bond donors (Lipinski definition) is 2. The molecule has 0 bridgehead atoms. The van der Waals surface area contributed by atoms with E-state index in [1.54, 1.807) is 0 Å². The summed E-state index contributed by atoms with van der Waals surface area (Å²) < 4.78 is 6.79. The normalized spacial score (nSPS) is 23.4. The molecule has 0 saturated heterocycles. The van der Waals surface area contributed by atoms with Crippen LogP contribution in [0.2, 0.25) is 0 Å². The van der Waals surface area contributed by atoms with E-state index in [9.17, 15) is 4.79 Å². The molecule has 5 heteroatoms. The minimum atomic E-state index is -0.985. The van der Waals surface area contributed by atoms with Gasteiger partial charge in [0.25, 0.3) is 0 Å². The molecule has 0 heterocycles. The van der Waals surface area contributed by atoms with Gasteiger partial charge in [0.15, 0.2) is 0 Å². The van der Waals surface area contributed by atoms with E-state index in [1.807, 2.05) is 24.3 Å². The van der Waals surface area contributed by atoms with Crippen molar-refractivity contribution < 1.29 is 14.6 Å². The second kappa shape index (κ2) is 5.40. The fraction of sp³-hybridized carbons (Fsp3) is 0.417. The highest BCUT2D eigenvalue weighted by Gasteiger charge is 2.30. The van der Waals surface area contributed by atoms with Gasteiger partial charge in [-0.1, -0.05) is 15.9 Å². The molecule has 1 aromatic rings. The van der Waals surface area contributed by atoms with Gasteiger partial charge in [-0.3, -0.25) is 0 Å². The highest BCUT2D eigenvalue weighted by Crippen LogP contribution is 2.25. The van der Waals surface area contributed by atoms with Crippen LogP contribution in [-0.2, 0) is 0 Å². The molecule has 1 aromatic carbocycles. The number of carbonyl (C=O) groups is 1. The minimum Gasteiger partial charge on any atom is -0.488 e. The van der Waals surface area contributed by atoms with Gasteiger partial charge in [-0.05, 0) is 43.5 Å². The Hall–Kier alpha value is -1.23. The number of ether oxygens (including phenoxy) is 1. The maximum Gasteiger partial charge on any atom is 0.405 e. The standard InChI is InChI=1S/C12H14BrNO3/c13-8-4-6-9(7-5-8)17-11-3-1-2-10(11)14-12(15)16/h4-7,10-11,14H,1-3H2,(H,15,16). The zero-order valence-corrected chi connectivity index (χ0v) is 10.8. The van der Waals surface area contributed by atoms with E-state index in [4.69, 9.17) is 9.84 Å². The van der Waals surface area contributed by atoms with Crippen LogP contribution in [0.1, 0.15) is 19.3 Å². The Morgan fingerprint density at radius 2 is 2.06 bits per heavy atom. The molecule has 2 rings (SSSR count). The zero-order chi connectivity index (χ0) is 12.3. The van der Waals surface area contributed by atoms with Crippen LogP contribution < -0.4 is 10.1 Å². The fourth-order valence-corrected chi connectivity index (χ4v) is 2.34.